The van der Waals surface area contributed by atoms with Gasteiger partial charge < -0.3 is 4.57 Å². The predicted molar refractivity (Wildman–Crippen MR) is 103 cm³/mol. The largest absolute Gasteiger partial charge is 0.319 e. The van der Waals surface area contributed by atoms with Gasteiger partial charge in [-0.2, -0.15) is 4.99 Å². The first-order chi connectivity index (χ1) is 11.8. The van der Waals surface area contributed by atoms with Crippen LogP contribution in [0, 0.1) is 0 Å². The molecule has 0 aliphatic heterocycles. The molecule has 0 unspecified atom stereocenters. The van der Waals surface area contributed by atoms with Crippen LogP contribution in [0.2, 0.25) is 0 Å². The topological polar surface area (TPSA) is 68.5 Å². The van der Waals surface area contributed by atoms with E-state index in [1.54, 1.807) is 35.9 Å². The van der Waals surface area contributed by atoms with Gasteiger partial charge in [0.15, 0.2) is 14.6 Å². The normalized spacial score (nSPS) is 12.6. The SMILES string of the molecule is Cn1c(=NC(=O)CS(=O)(=O)Cc2ccccc2)sc2cc(Br)ccc21. The Labute approximate surface area is 157 Å². The molecule has 3 aromatic rings. The van der Waals surface area contributed by atoms with E-state index in [0.717, 1.165) is 14.7 Å². The van der Waals surface area contributed by atoms with Crippen LogP contribution in [0.4, 0.5) is 0 Å². The number of nitrogens with zero attached hydrogens (tertiary/aromatic N) is 2. The summed E-state index contributed by atoms with van der Waals surface area (Å²) in [5.74, 6) is -1.42. The van der Waals surface area contributed by atoms with Gasteiger partial charge in [-0.25, -0.2) is 8.42 Å². The highest BCUT2D eigenvalue weighted by Crippen LogP contribution is 2.21. The first-order valence-electron chi connectivity index (χ1n) is 7.41. The van der Waals surface area contributed by atoms with Crippen molar-refractivity contribution in [1.29, 1.82) is 0 Å². The van der Waals surface area contributed by atoms with E-state index in [2.05, 4.69) is 20.9 Å². The van der Waals surface area contributed by atoms with Crippen LogP contribution in [0.1, 0.15) is 5.56 Å². The smallest absolute Gasteiger partial charge is 0.263 e. The number of thiazole rings is 1. The molecule has 0 radical (unpaired) electrons. The second-order valence-electron chi connectivity index (χ2n) is 5.58. The van der Waals surface area contributed by atoms with Crippen LogP contribution in [0.15, 0.2) is 58.0 Å². The minimum absolute atomic E-state index is 0.166. The van der Waals surface area contributed by atoms with Crippen LogP contribution in [-0.2, 0) is 27.4 Å². The summed E-state index contributed by atoms with van der Waals surface area (Å²) in [6.07, 6.45) is 0. The maximum absolute atomic E-state index is 12.2. The Hall–Kier alpha value is -1.77. The number of hydrogen-bond acceptors (Lipinski definition) is 4. The van der Waals surface area contributed by atoms with Crippen LogP contribution < -0.4 is 4.80 Å². The van der Waals surface area contributed by atoms with Crippen molar-refractivity contribution in [2.24, 2.45) is 12.0 Å². The third-order valence-corrected chi connectivity index (χ3v) is 6.61. The molecule has 0 aliphatic carbocycles. The van der Waals surface area contributed by atoms with E-state index in [9.17, 15) is 13.2 Å². The van der Waals surface area contributed by atoms with Gasteiger partial charge in [0.2, 0.25) is 0 Å². The van der Waals surface area contributed by atoms with Crippen LogP contribution in [0.5, 0.6) is 0 Å². The van der Waals surface area contributed by atoms with Crippen LogP contribution in [0.25, 0.3) is 10.2 Å². The van der Waals surface area contributed by atoms with Crippen molar-refractivity contribution in [2.45, 2.75) is 5.75 Å². The maximum atomic E-state index is 12.2. The standard InChI is InChI=1S/C17H15BrN2O3S2/c1-20-14-8-7-13(18)9-15(14)24-17(20)19-16(21)11-25(22,23)10-12-5-3-2-4-6-12/h2-9H,10-11H2,1H3. The second kappa shape index (κ2) is 7.23. The number of aryl methyl sites for hydroxylation is 1. The van der Waals surface area contributed by atoms with Crippen molar-refractivity contribution in [1.82, 2.24) is 4.57 Å². The number of fused-ring (bicyclic) bond motifs is 1. The fourth-order valence-electron chi connectivity index (χ4n) is 2.42. The Balaban J connectivity index is 1.84. The number of halogens is 1. The van der Waals surface area contributed by atoms with Gasteiger partial charge in [-0.05, 0) is 23.8 Å². The molecule has 0 saturated heterocycles. The van der Waals surface area contributed by atoms with E-state index in [4.69, 9.17) is 0 Å². The van der Waals surface area contributed by atoms with Crippen LogP contribution in [-0.4, -0.2) is 24.6 Å². The van der Waals surface area contributed by atoms with E-state index in [1.807, 2.05) is 24.3 Å². The van der Waals surface area contributed by atoms with Gasteiger partial charge in [-0.3, -0.25) is 4.79 Å². The van der Waals surface area contributed by atoms with Gasteiger partial charge in [0.1, 0.15) is 5.75 Å². The van der Waals surface area contributed by atoms with Crippen molar-refractivity contribution >= 4 is 53.2 Å². The molecule has 0 fully saturated rings. The molecule has 0 atom stereocenters. The fraction of sp³-hybridized carbons (Fsp3) is 0.176. The molecule has 0 spiro atoms. The zero-order valence-electron chi connectivity index (χ0n) is 13.3. The second-order valence-corrected chi connectivity index (χ2v) is 9.57. The molecule has 0 saturated carbocycles. The van der Waals surface area contributed by atoms with Gasteiger partial charge in [0.05, 0.1) is 16.0 Å². The highest BCUT2D eigenvalue weighted by molar-refractivity contribution is 9.10. The van der Waals surface area contributed by atoms with Crippen molar-refractivity contribution in [3.8, 4) is 0 Å². The molecule has 1 amide bonds. The van der Waals surface area contributed by atoms with Crippen molar-refractivity contribution in [2.75, 3.05) is 5.75 Å². The summed E-state index contributed by atoms with van der Waals surface area (Å²) in [6.45, 7) is 0. The molecule has 1 heterocycles. The predicted octanol–water partition coefficient (Wildman–Crippen LogP) is 3.04. The number of benzene rings is 2. The molecule has 8 heteroatoms. The van der Waals surface area contributed by atoms with Crippen LogP contribution >= 0.6 is 27.3 Å². The molecule has 130 valence electrons. The number of carbonyl (C=O) groups is 1. The lowest BCUT2D eigenvalue weighted by Gasteiger charge is -2.01. The number of aromatic nitrogens is 1. The quantitative estimate of drug-likeness (QED) is 0.628. The first kappa shape index (κ1) is 18.0. The molecule has 2 aromatic carbocycles. The van der Waals surface area contributed by atoms with E-state index in [-0.39, 0.29) is 5.75 Å². The van der Waals surface area contributed by atoms with Gasteiger partial charge in [-0.1, -0.05) is 57.6 Å². The average molecular weight is 439 g/mol. The summed E-state index contributed by atoms with van der Waals surface area (Å²) < 4.78 is 28.1. The molecular formula is C17H15BrN2O3S2. The van der Waals surface area contributed by atoms with Gasteiger partial charge in [-0.15, -0.1) is 0 Å². The lowest BCUT2D eigenvalue weighted by atomic mass is 10.2. The lowest BCUT2D eigenvalue weighted by molar-refractivity contribution is -0.115. The Morgan fingerprint density at radius 1 is 1.20 bits per heavy atom. The summed E-state index contributed by atoms with van der Waals surface area (Å²) in [5.41, 5.74) is 1.60. The molecule has 0 bridgehead atoms. The first-order valence-corrected chi connectivity index (χ1v) is 10.8. The average Bonchev–Trinajstić information content (AvgIpc) is 2.82. The van der Waals surface area contributed by atoms with Gasteiger partial charge in [0.25, 0.3) is 5.91 Å². The van der Waals surface area contributed by atoms with E-state index < -0.39 is 21.5 Å². The number of amides is 1. The summed E-state index contributed by atoms with van der Waals surface area (Å²) in [5, 5.41) is 0. The minimum Gasteiger partial charge on any atom is -0.319 e. The van der Waals surface area contributed by atoms with Crippen LogP contribution in [0.3, 0.4) is 0 Å². The van der Waals surface area contributed by atoms with E-state index >= 15 is 0 Å². The summed E-state index contributed by atoms with van der Waals surface area (Å²) in [7, 11) is -1.76. The number of carbonyl (C=O) groups excluding carboxylic acids is 1. The molecule has 5 nitrogen and oxygen atoms in total. The molecule has 3 rings (SSSR count). The third kappa shape index (κ3) is 4.45. The maximum Gasteiger partial charge on any atom is 0.263 e. The zero-order valence-corrected chi connectivity index (χ0v) is 16.6. The molecule has 25 heavy (non-hydrogen) atoms. The molecule has 0 aliphatic rings. The summed E-state index contributed by atoms with van der Waals surface area (Å²) >= 11 is 4.76. The fourth-order valence-corrected chi connectivity index (χ4v) is 5.25. The van der Waals surface area contributed by atoms with E-state index in [1.165, 1.54) is 11.3 Å². The Morgan fingerprint density at radius 2 is 1.92 bits per heavy atom. The molecule has 0 N–H and O–H groups in total. The summed E-state index contributed by atoms with van der Waals surface area (Å²) in [6, 6.07) is 14.6. The highest BCUT2D eigenvalue weighted by atomic mass is 79.9. The molecular weight excluding hydrogens is 424 g/mol. The van der Waals surface area contributed by atoms with Crippen molar-refractivity contribution in [3.63, 3.8) is 0 Å². The zero-order chi connectivity index (χ0) is 18.0. The van der Waals surface area contributed by atoms with Crippen molar-refractivity contribution < 1.29 is 13.2 Å². The van der Waals surface area contributed by atoms with Gasteiger partial charge >= 0.3 is 0 Å². The monoisotopic (exact) mass is 438 g/mol. The van der Waals surface area contributed by atoms with Gasteiger partial charge in [0, 0.05) is 11.5 Å². The minimum atomic E-state index is -3.56. The lowest BCUT2D eigenvalue weighted by Crippen LogP contribution is -2.20. The van der Waals surface area contributed by atoms with Crippen molar-refractivity contribution in [3.05, 3.63) is 63.4 Å². The third-order valence-electron chi connectivity index (χ3n) is 3.56. The van der Waals surface area contributed by atoms with E-state index in [0.29, 0.717) is 10.4 Å². The highest BCUT2D eigenvalue weighted by Gasteiger charge is 2.17. The summed E-state index contributed by atoms with van der Waals surface area (Å²) in [4.78, 5) is 16.6. The Morgan fingerprint density at radius 3 is 2.64 bits per heavy atom. The number of rotatable bonds is 4. The molecule has 1 aromatic heterocycles. The Bertz CT molecular complexity index is 1100. The Kier molecular flexibility index (Phi) is 5.21. The number of sulfone groups is 1. The number of hydrogen-bond donors (Lipinski definition) is 0.